The van der Waals surface area contributed by atoms with Crippen LogP contribution in [0.15, 0.2) is 67.0 Å². The Morgan fingerprint density at radius 2 is 1.81 bits per heavy atom. The molecule has 43 heavy (non-hydrogen) atoms. The summed E-state index contributed by atoms with van der Waals surface area (Å²) in [5.41, 5.74) is 3.25. The molecule has 3 aromatic carbocycles. The lowest BCUT2D eigenvalue weighted by molar-refractivity contribution is 0.0652. The summed E-state index contributed by atoms with van der Waals surface area (Å²) in [5, 5.41) is 26.4. The minimum absolute atomic E-state index is 0.190. The van der Waals surface area contributed by atoms with Crippen molar-refractivity contribution in [1.29, 1.82) is 5.26 Å². The molecule has 0 fully saturated rings. The molecule has 0 radical (unpaired) electrons. The highest BCUT2D eigenvalue weighted by Gasteiger charge is 2.21. The average molecular weight is 624 g/mol. The second kappa shape index (κ2) is 13.8. The molecule has 1 atom stereocenters. The first-order valence-electron chi connectivity index (χ1n) is 13.1. The number of fused-ring (bicyclic) bond motifs is 1. The molecule has 2 aromatic heterocycles. The zero-order valence-electron chi connectivity index (χ0n) is 22.8. The molecule has 9 nitrogen and oxygen atoms in total. The Bertz CT molecular complexity index is 1780. The van der Waals surface area contributed by atoms with Gasteiger partial charge in [-0.2, -0.15) is 5.26 Å². The summed E-state index contributed by atoms with van der Waals surface area (Å²) >= 11 is 12.7. The number of methoxy groups -OCH3 is 1. The van der Waals surface area contributed by atoms with Crippen LogP contribution in [-0.2, 0) is 16.0 Å². The van der Waals surface area contributed by atoms with Gasteiger partial charge < -0.3 is 20.1 Å². The van der Waals surface area contributed by atoms with E-state index >= 15 is 0 Å². The van der Waals surface area contributed by atoms with E-state index in [1.807, 2.05) is 18.3 Å². The molecular weight excluding hydrogens is 599 g/mol. The van der Waals surface area contributed by atoms with E-state index in [0.29, 0.717) is 64.4 Å². The predicted molar refractivity (Wildman–Crippen MR) is 161 cm³/mol. The number of halogens is 4. The number of nitrogens with one attached hydrogen (secondary N) is 2. The van der Waals surface area contributed by atoms with Crippen molar-refractivity contribution in [3.63, 3.8) is 0 Å². The highest BCUT2D eigenvalue weighted by atomic mass is 35.5. The number of rotatable bonds is 12. The summed E-state index contributed by atoms with van der Waals surface area (Å²) in [6, 6.07) is 15.6. The molecule has 0 bridgehead atoms. The van der Waals surface area contributed by atoms with Gasteiger partial charge in [0.05, 0.1) is 61.1 Å². The van der Waals surface area contributed by atoms with Crippen molar-refractivity contribution in [1.82, 2.24) is 20.0 Å². The van der Waals surface area contributed by atoms with Gasteiger partial charge in [-0.3, -0.25) is 4.98 Å². The molecule has 2 N–H and O–H groups in total. The second-order valence-corrected chi connectivity index (χ2v) is 10.3. The number of benzene rings is 3. The Hall–Kier alpha value is -4.34. The molecule has 0 saturated heterocycles. The molecule has 5 aromatic rings. The van der Waals surface area contributed by atoms with Crippen LogP contribution in [0.2, 0.25) is 10.0 Å². The summed E-state index contributed by atoms with van der Waals surface area (Å²) in [7, 11) is 1.61. The maximum atomic E-state index is 14.0. The summed E-state index contributed by atoms with van der Waals surface area (Å²) in [5.74, 6) is -2.01. The Kier molecular flexibility index (Phi) is 9.64. The largest absolute Gasteiger partial charge is 0.382 e. The van der Waals surface area contributed by atoms with Gasteiger partial charge in [0.2, 0.25) is 0 Å². The molecular formula is C30H25Cl2F2N7O2. The Morgan fingerprint density at radius 3 is 2.56 bits per heavy atom. The van der Waals surface area contributed by atoms with Crippen LogP contribution < -0.4 is 10.6 Å². The van der Waals surface area contributed by atoms with Crippen LogP contribution in [0, 0.1) is 23.0 Å². The fourth-order valence-electron chi connectivity index (χ4n) is 4.41. The first-order chi connectivity index (χ1) is 20.9. The predicted octanol–water partition coefficient (Wildman–Crippen LogP) is 6.89. The van der Waals surface area contributed by atoms with Gasteiger partial charge in [0.15, 0.2) is 11.6 Å². The summed E-state index contributed by atoms with van der Waals surface area (Å²) in [4.78, 5) is 4.54. The van der Waals surface area contributed by atoms with Crippen LogP contribution >= 0.6 is 23.2 Å². The topological polar surface area (TPSA) is 110 Å². The number of ether oxygens (including phenoxy) is 2. The molecule has 2 heterocycles. The van der Waals surface area contributed by atoms with E-state index in [0.717, 1.165) is 17.7 Å². The molecule has 0 saturated carbocycles. The fraction of sp³-hybridized carbons (Fsp3) is 0.200. The van der Waals surface area contributed by atoms with E-state index in [9.17, 15) is 14.0 Å². The molecule has 5 rings (SSSR count). The van der Waals surface area contributed by atoms with Crippen LogP contribution in [0.3, 0.4) is 0 Å². The monoisotopic (exact) mass is 623 g/mol. The van der Waals surface area contributed by atoms with Gasteiger partial charge in [0, 0.05) is 40.5 Å². The van der Waals surface area contributed by atoms with Crippen LogP contribution in [0.5, 0.6) is 0 Å². The van der Waals surface area contributed by atoms with Gasteiger partial charge in [-0.15, -0.1) is 5.10 Å². The van der Waals surface area contributed by atoms with E-state index < -0.39 is 17.7 Å². The first kappa shape index (κ1) is 30.1. The number of hydrogen-bond donors (Lipinski definition) is 2. The van der Waals surface area contributed by atoms with Crippen molar-refractivity contribution in [3.8, 4) is 6.07 Å². The van der Waals surface area contributed by atoms with Gasteiger partial charge in [-0.05, 0) is 42.0 Å². The second-order valence-electron chi connectivity index (χ2n) is 9.40. The smallest absolute Gasteiger partial charge is 0.160 e. The zero-order valence-corrected chi connectivity index (χ0v) is 24.3. The van der Waals surface area contributed by atoms with Gasteiger partial charge in [0.25, 0.3) is 0 Å². The van der Waals surface area contributed by atoms with E-state index in [1.54, 1.807) is 36.1 Å². The SMILES string of the molecule is COCCOCCn1cc([C@@H](Nc2cc(Cl)cc3c(Nc4ccc(F)c(F)c4)c(C#N)cnc23)c2ccc(Cl)cc2)nn1. The Morgan fingerprint density at radius 1 is 1.00 bits per heavy atom. The molecule has 0 aliphatic heterocycles. The van der Waals surface area contributed by atoms with E-state index in [4.69, 9.17) is 32.7 Å². The van der Waals surface area contributed by atoms with Crippen LogP contribution in [0.4, 0.5) is 25.8 Å². The van der Waals surface area contributed by atoms with E-state index in [2.05, 4.69) is 32.0 Å². The summed E-state index contributed by atoms with van der Waals surface area (Å²) < 4.78 is 39.8. The first-order valence-corrected chi connectivity index (χ1v) is 13.8. The van der Waals surface area contributed by atoms with Crippen molar-refractivity contribution >= 4 is 51.2 Å². The Labute approximate surface area is 256 Å². The van der Waals surface area contributed by atoms with Gasteiger partial charge in [-0.25, -0.2) is 13.5 Å². The van der Waals surface area contributed by atoms with Crippen molar-refractivity contribution in [2.24, 2.45) is 0 Å². The van der Waals surface area contributed by atoms with Gasteiger partial charge in [0.1, 0.15) is 11.8 Å². The third kappa shape index (κ3) is 7.18. The number of nitrogens with zero attached hydrogens (tertiary/aromatic N) is 5. The fourth-order valence-corrected chi connectivity index (χ4v) is 4.76. The Balaban J connectivity index is 1.53. The zero-order chi connectivity index (χ0) is 30.3. The average Bonchev–Trinajstić information content (AvgIpc) is 3.47. The number of hydrogen-bond acceptors (Lipinski definition) is 8. The lowest BCUT2D eigenvalue weighted by Crippen LogP contribution is -2.14. The number of anilines is 3. The number of aromatic nitrogens is 4. The maximum absolute atomic E-state index is 14.0. The molecule has 13 heteroatoms. The third-order valence-electron chi connectivity index (χ3n) is 6.50. The quantitative estimate of drug-likeness (QED) is 0.145. The maximum Gasteiger partial charge on any atom is 0.160 e. The lowest BCUT2D eigenvalue weighted by Gasteiger charge is -2.21. The normalized spacial score (nSPS) is 11.8. The van der Waals surface area contributed by atoms with Crippen molar-refractivity contribution in [2.75, 3.05) is 37.6 Å². The van der Waals surface area contributed by atoms with Crippen LogP contribution in [0.1, 0.15) is 22.9 Å². The van der Waals surface area contributed by atoms with Crippen molar-refractivity contribution in [2.45, 2.75) is 12.6 Å². The highest BCUT2D eigenvalue weighted by Crippen LogP contribution is 2.37. The number of pyridine rings is 1. The van der Waals surface area contributed by atoms with Gasteiger partial charge >= 0.3 is 0 Å². The molecule has 0 aliphatic rings. The summed E-state index contributed by atoms with van der Waals surface area (Å²) in [6.07, 6.45) is 3.22. The van der Waals surface area contributed by atoms with Gasteiger partial charge in [-0.1, -0.05) is 40.5 Å². The highest BCUT2D eigenvalue weighted by molar-refractivity contribution is 6.32. The molecule has 0 spiro atoms. The number of nitriles is 1. The minimum atomic E-state index is -1.03. The van der Waals surface area contributed by atoms with Crippen LogP contribution in [0.25, 0.3) is 10.9 Å². The van der Waals surface area contributed by atoms with Crippen molar-refractivity contribution in [3.05, 3.63) is 105 Å². The third-order valence-corrected chi connectivity index (χ3v) is 6.97. The van der Waals surface area contributed by atoms with Crippen LogP contribution in [-0.4, -0.2) is 46.9 Å². The summed E-state index contributed by atoms with van der Waals surface area (Å²) in [6.45, 7) is 1.90. The van der Waals surface area contributed by atoms with E-state index in [1.165, 1.54) is 12.3 Å². The molecule has 0 aliphatic carbocycles. The van der Waals surface area contributed by atoms with Crippen molar-refractivity contribution < 1.29 is 18.3 Å². The standard InChI is InChI=1S/C30H25Cl2F2N7O2/c1-42-10-11-43-9-8-41-17-27(39-40-41)29(18-2-4-20(31)5-3-18)38-26-13-21(32)12-23-28(19(15-35)16-36-30(23)26)37-22-6-7-24(33)25(34)14-22/h2-7,12-14,16-17,29,38H,8-11H2,1H3,(H,36,37)/t29-/m0/s1. The van der Waals surface area contributed by atoms with E-state index in [-0.39, 0.29) is 11.3 Å². The molecule has 220 valence electrons. The minimum Gasteiger partial charge on any atom is -0.382 e. The molecule has 0 amide bonds. The molecule has 0 unspecified atom stereocenters. The lowest BCUT2D eigenvalue weighted by atomic mass is 10.0.